The van der Waals surface area contributed by atoms with E-state index in [-0.39, 0.29) is 27.6 Å². The van der Waals surface area contributed by atoms with Gasteiger partial charge in [-0.3, -0.25) is 0 Å². The van der Waals surface area contributed by atoms with Gasteiger partial charge in [-0.15, -0.1) is 0 Å². The Labute approximate surface area is 88.8 Å². The van der Waals surface area contributed by atoms with Crippen LogP contribution in [0.1, 0.15) is 6.92 Å². The Bertz CT molecular complexity index is 246. The van der Waals surface area contributed by atoms with Crippen molar-refractivity contribution in [2.75, 3.05) is 19.8 Å². The molecule has 1 fully saturated rings. The van der Waals surface area contributed by atoms with Gasteiger partial charge < -0.3 is 0 Å². The SMILES string of the molecule is CC1=CCN[I-]C=C1OC1COC1. The molecule has 4 heteroatoms. The summed E-state index contributed by atoms with van der Waals surface area (Å²) in [5, 5.41) is 0. The first-order chi connectivity index (χ1) is 6.36. The molecule has 0 spiro atoms. The Morgan fingerprint density at radius 1 is 1.62 bits per heavy atom. The molecule has 1 saturated heterocycles. The van der Waals surface area contributed by atoms with E-state index >= 15 is 0 Å². The number of ether oxygens (including phenoxy) is 2. The quantitative estimate of drug-likeness (QED) is 0.463. The summed E-state index contributed by atoms with van der Waals surface area (Å²) in [5.41, 5.74) is 1.25. The number of hydrogen-bond donors (Lipinski definition) is 1. The molecule has 0 aliphatic carbocycles. The Kier molecular flexibility index (Phi) is 3.23. The molecule has 0 amide bonds. The van der Waals surface area contributed by atoms with Gasteiger partial charge in [-0.1, -0.05) is 0 Å². The maximum atomic E-state index is 5.77. The summed E-state index contributed by atoms with van der Waals surface area (Å²) in [6, 6.07) is 0. The van der Waals surface area contributed by atoms with E-state index in [0.29, 0.717) is 0 Å². The normalized spacial score (nSPS) is 24.7. The standard InChI is InChI=1S/C9H13INO2/c1-7-2-3-11-10-4-9(7)13-8-5-12-6-8/h2,4,8,11H,3,5-6H2,1H3/q-1. The molecule has 0 aromatic rings. The molecular weight excluding hydrogens is 281 g/mol. The van der Waals surface area contributed by atoms with E-state index in [1.807, 2.05) is 0 Å². The van der Waals surface area contributed by atoms with Crippen molar-refractivity contribution in [3.05, 3.63) is 21.5 Å². The van der Waals surface area contributed by atoms with E-state index in [2.05, 4.69) is 20.6 Å². The van der Waals surface area contributed by atoms with E-state index in [0.717, 1.165) is 25.5 Å². The van der Waals surface area contributed by atoms with Gasteiger partial charge in [0.05, 0.1) is 0 Å². The molecule has 13 heavy (non-hydrogen) atoms. The van der Waals surface area contributed by atoms with Gasteiger partial charge in [0.2, 0.25) is 0 Å². The van der Waals surface area contributed by atoms with Gasteiger partial charge >= 0.3 is 88.8 Å². The Morgan fingerprint density at radius 3 is 3.15 bits per heavy atom. The second-order valence-corrected chi connectivity index (χ2v) is 5.09. The summed E-state index contributed by atoms with van der Waals surface area (Å²) in [6.45, 7) is 4.57. The number of hydrogen-bond acceptors (Lipinski definition) is 3. The molecule has 0 unspecified atom stereocenters. The minimum absolute atomic E-state index is 0.0232. The van der Waals surface area contributed by atoms with Crippen LogP contribution in [-0.2, 0) is 9.47 Å². The first-order valence-corrected chi connectivity index (χ1v) is 6.65. The number of halogens is 1. The van der Waals surface area contributed by atoms with E-state index in [9.17, 15) is 0 Å². The fourth-order valence-corrected chi connectivity index (χ4v) is 2.71. The Morgan fingerprint density at radius 2 is 2.46 bits per heavy atom. The summed E-state index contributed by atoms with van der Waals surface area (Å²) in [4.78, 5) is 0. The van der Waals surface area contributed by atoms with E-state index in [1.54, 1.807) is 0 Å². The Balaban J connectivity index is 1.97. The van der Waals surface area contributed by atoms with Crippen LogP contribution in [-0.4, -0.2) is 25.9 Å². The molecule has 0 radical (unpaired) electrons. The Hall–Kier alpha value is -0.0700. The van der Waals surface area contributed by atoms with Crippen LogP contribution < -0.4 is 25.0 Å². The van der Waals surface area contributed by atoms with Crippen molar-refractivity contribution < 1.29 is 31.0 Å². The van der Waals surface area contributed by atoms with Gasteiger partial charge in [-0.25, -0.2) is 0 Å². The molecule has 0 aromatic carbocycles. The van der Waals surface area contributed by atoms with Crippen LogP contribution in [0.3, 0.4) is 0 Å². The first kappa shape index (κ1) is 9.48. The van der Waals surface area contributed by atoms with Crippen LogP contribution in [0, 0.1) is 0 Å². The van der Waals surface area contributed by atoms with Crippen molar-refractivity contribution >= 4 is 0 Å². The monoisotopic (exact) mass is 294 g/mol. The topological polar surface area (TPSA) is 30.5 Å². The molecule has 2 aliphatic heterocycles. The van der Waals surface area contributed by atoms with Gasteiger partial charge in [0.25, 0.3) is 0 Å². The van der Waals surface area contributed by atoms with Crippen LogP contribution in [0.25, 0.3) is 0 Å². The predicted molar refractivity (Wildman–Crippen MR) is 45.5 cm³/mol. The number of nitrogens with one attached hydrogen (secondary N) is 1. The molecule has 3 nitrogen and oxygen atoms in total. The van der Waals surface area contributed by atoms with Crippen LogP contribution in [0.15, 0.2) is 21.5 Å². The molecule has 0 aromatic heterocycles. The average Bonchev–Trinajstić information content (AvgIpc) is 2.23. The fourth-order valence-electron chi connectivity index (χ4n) is 1.09. The van der Waals surface area contributed by atoms with Crippen molar-refractivity contribution in [3.8, 4) is 0 Å². The van der Waals surface area contributed by atoms with Crippen molar-refractivity contribution in [2.45, 2.75) is 13.0 Å². The molecule has 74 valence electrons. The molecule has 2 rings (SSSR count). The van der Waals surface area contributed by atoms with E-state index < -0.39 is 0 Å². The zero-order valence-electron chi connectivity index (χ0n) is 7.55. The third-order valence-electron chi connectivity index (χ3n) is 2.01. The second-order valence-electron chi connectivity index (χ2n) is 3.08. The molecule has 0 atom stereocenters. The molecule has 2 heterocycles. The third-order valence-corrected chi connectivity index (χ3v) is 3.76. The van der Waals surface area contributed by atoms with Gasteiger partial charge in [-0.2, -0.15) is 0 Å². The maximum absolute atomic E-state index is 5.77. The van der Waals surface area contributed by atoms with Crippen molar-refractivity contribution in [2.24, 2.45) is 0 Å². The van der Waals surface area contributed by atoms with Crippen LogP contribution in [0.5, 0.6) is 0 Å². The van der Waals surface area contributed by atoms with E-state index in [1.165, 1.54) is 5.57 Å². The molecule has 0 bridgehead atoms. The fraction of sp³-hybridized carbons (Fsp3) is 0.556. The summed E-state index contributed by atoms with van der Waals surface area (Å²) in [7, 11) is 0. The van der Waals surface area contributed by atoms with Gasteiger partial charge in [0.15, 0.2) is 0 Å². The minimum atomic E-state index is -0.0232. The first-order valence-electron chi connectivity index (χ1n) is 4.33. The molecule has 0 saturated carbocycles. The third kappa shape index (κ3) is 2.45. The van der Waals surface area contributed by atoms with Crippen LogP contribution in [0.2, 0.25) is 0 Å². The van der Waals surface area contributed by atoms with Crippen LogP contribution >= 0.6 is 0 Å². The van der Waals surface area contributed by atoms with Crippen LogP contribution in [0.4, 0.5) is 0 Å². The van der Waals surface area contributed by atoms with Crippen molar-refractivity contribution in [1.29, 1.82) is 0 Å². The zero-order chi connectivity index (χ0) is 9.10. The second kappa shape index (κ2) is 4.43. The number of allylic oxidation sites excluding steroid dienone is 1. The molecule has 2 aliphatic rings. The summed E-state index contributed by atoms with van der Waals surface area (Å²) < 4.78 is 16.4. The molecular formula is C9H13INO2-. The zero-order valence-corrected chi connectivity index (χ0v) is 9.71. The summed E-state index contributed by atoms with van der Waals surface area (Å²) in [5.74, 6) is 1.06. The number of rotatable bonds is 2. The predicted octanol–water partition coefficient (Wildman–Crippen LogP) is -2.20. The summed E-state index contributed by atoms with van der Waals surface area (Å²) in [6.07, 6.45) is 2.47. The van der Waals surface area contributed by atoms with Gasteiger partial charge in [0, 0.05) is 0 Å². The van der Waals surface area contributed by atoms with Gasteiger partial charge in [0.1, 0.15) is 0 Å². The van der Waals surface area contributed by atoms with Crippen molar-refractivity contribution in [1.82, 2.24) is 3.53 Å². The van der Waals surface area contributed by atoms with E-state index in [4.69, 9.17) is 9.47 Å². The molecule has 1 N–H and O–H groups in total. The van der Waals surface area contributed by atoms with Crippen molar-refractivity contribution in [3.63, 3.8) is 0 Å². The summed E-state index contributed by atoms with van der Waals surface area (Å²) >= 11 is -0.0232. The average molecular weight is 294 g/mol. The van der Waals surface area contributed by atoms with Gasteiger partial charge in [-0.05, 0) is 0 Å².